The second kappa shape index (κ2) is 3.38. The average molecular weight is 213 g/mol. The van der Waals surface area contributed by atoms with Crippen molar-refractivity contribution >= 4 is 0 Å². The molecule has 0 aliphatic carbocycles. The summed E-state index contributed by atoms with van der Waals surface area (Å²) in [4.78, 5) is 3.88. The molecule has 2 rings (SSSR count). The Hall–Kier alpha value is -1.85. The van der Waals surface area contributed by atoms with Gasteiger partial charge in [-0.25, -0.2) is 9.67 Å². The molecule has 0 radical (unpaired) electrons. The van der Waals surface area contributed by atoms with E-state index in [1.807, 2.05) is 0 Å². The molecule has 0 fully saturated rings. The monoisotopic (exact) mass is 213 g/mol. The van der Waals surface area contributed by atoms with E-state index in [1.165, 1.54) is 6.20 Å². The normalized spacial score (nSPS) is 11.7. The van der Waals surface area contributed by atoms with Crippen LogP contribution in [0.1, 0.15) is 5.56 Å². The zero-order valence-corrected chi connectivity index (χ0v) is 7.44. The van der Waals surface area contributed by atoms with Crippen LogP contribution in [0.2, 0.25) is 0 Å². The molecule has 0 spiro atoms. The molecule has 0 aliphatic rings. The minimum absolute atomic E-state index is 0.355. The van der Waals surface area contributed by atoms with Gasteiger partial charge in [0.15, 0.2) is 5.82 Å². The van der Waals surface area contributed by atoms with E-state index in [0.29, 0.717) is 5.82 Å². The van der Waals surface area contributed by atoms with Gasteiger partial charge in [0.2, 0.25) is 0 Å². The number of hydrogen-bond acceptors (Lipinski definition) is 2. The summed E-state index contributed by atoms with van der Waals surface area (Å²) in [6.45, 7) is 0. The van der Waals surface area contributed by atoms with Gasteiger partial charge in [0.25, 0.3) is 0 Å². The van der Waals surface area contributed by atoms with Gasteiger partial charge in [0, 0.05) is 12.4 Å². The van der Waals surface area contributed by atoms with Crippen molar-refractivity contribution in [1.29, 1.82) is 0 Å². The van der Waals surface area contributed by atoms with Crippen molar-refractivity contribution in [3.8, 4) is 5.82 Å². The van der Waals surface area contributed by atoms with Crippen LogP contribution in [0, 0.1) is 0 Å². The molecule has 2 aromatic rings. The molecule has 0 aromatic carbocycles. The lowest BCUT2D eigenvalue weighted by Gasteiger charge is -2.01. The molecule has 0 saturated heterocycles. The summed E-state index contributed by atoms with van der Waals surface area (Å²) in [5.41, 5.74) is -0.784. The maximum atomic E-state index is 12.2. The molecule has 0 unspecified atom stereocenters. The zero-order chi connectivity index (χ0) is 10.9. The Morgan fingerprint density at radius 3 is 2.53 bits per heavy atom. The fourth-order valence-corrected chi connectivity index (χ4v) is 1.08. The molecule has 0 amide bonds. The van der Waals surface area contributed by atoms with Gasteiger partial charge < -0.3 is 0 Å². The molecule has 15 heavy (non-hydrogen) atoms. The molecule has 78 valence electrons. The van der Waals surface area contributed by atoms with Gasteiger partial charge >= 0.3 is 6.18 Å². The van der Waals surface area contributed by atoms with Crippen molar-refractivity contribution in [3.05, 3.63) is 42.4 Å². The fourth-order valence-electron chi connectivity index (χ4n) is 1.08. The van der Waals surface area contributed by atoms with Crippen molar-refractivity contribution in [2.45, 2.75) is 6.18 Å². The summed E-state index contributed by atoms with van der Waals surface area (Å²) in [6, 6.07) is 4.93. The zero-order valence-electron chi connectivity index (χ0n) is 7.44. The van der Waals surface area contributed by atoms with E-state index in [-0.39, 0.29) is 0 Å². The molecule has 0 atom stereocenters. The average Bonchev–Trinajstić information content (AvgIpc) is 2.67. The van der Waals surface area contributed by atoms with Crippen molar-refractivity contribution < 1.29 is 13.2 Å². The van der Waals surface area contributed by atoms with E-state index in [2.05, 4.69) is 10.1 Å². The molecule has 0 N–H and O–H groups in total. The Morgan fingerprint density at radius 1 is 1.20 bits per heavy atom. The highest BCUT2D eigenvalue weighted by molar-refractivity contribution is 5.22. The highest BCUT2D eigenvalue weighted by Crippen LogP contribution is 2.28. The van der Waals surface area contributed by atoms with Crippen LogP contribution in [0.15, 0.2) is 36.8 Å². The van der Waals surface area contributed by atoms with Crippen molar-refractivity contribution in [2.75, 3.05) is 0 Å². The summed E-state index contributed by atoms with van der Waals surface area (Å²) in [5, 5.41) is 3.59. The number of aromatic nitrogens is 3. The molecule has 0 saturated carbocycles. The van der Waals surface area contributed by atoms with E-state index in [9.17, 15) is 13.2 Å². The van der Waals surface area contributed by atoms with Crippen molar-refractivity contribution in [2.24, 2.45) is 0 Å². The Kier molecular flexibility index (Phi) is 2.18. The maximum Gasteiger partial charge on any atom is 0.419 e. The molecule has 3 nitrogen and oxygen atoms in total. The number of nitrogens with zero attached hydrogens (tertiary/aromatic N) is 3. The summed E-state index contributed by atoms with van der Waals surface area (Å²) in [6.07, 6.45) is -1.20. The molecule has 0 aliphatic heterocycles. The van der Waals surface area contributed by atoms with Gasteiger partial charge in [-0.1, -0.05) is 6.07 Å². The first-order valence-electron chi connectivity index (χ1n) is 4.10. The summed E-state index contributed by atoms with van der Waals surface area (Å²) >= 11 is 0. The predicted molar refractivity (Wildman–Crippen MR) is 46.4 cm³/mol. The molecular formula is C9H6F3N3. The summed E-state index contributed by atoms with van der Waals surface area (Å²) in [7, 11) is 0. The van der Waals surface area contributed by atoms with Crippen LogP contribution >= 0.6 is 0 Å². The minimum atomic E-state index is -4.37. The third-order valence-electron chi connectivity index (χ3n) is 1.79. The third kappa shape index (κ3) is 1.98. The fraction of sp³-hybridized carbons (Fsp3) is 0.111. The van der Waals surface area contributed by atoms with Gasteiger partial charge in [0.1, 0.15) is 0 Å². The minimum Gasteiger partial charge on any atom is -0.237 e. The van der Waals surface area contributed by atoms with Gasteiger partial charge in [-0.2, -0.15) is 18.3 Å². The van der Waals surface area contributed by atoms with E-state index in [4.69, 9.17) is 0 Å². The second-order valence-electron chi connectivity index (χ2n) is 2.86. The third-order valence-corrected chi connectivity index (χ3v) is 1.79. The SMILES string of the molecule is FC(F)(F)c1cnn(-c2ccccn2)c1. The van der Waals surface area contributed by atoms with E-state index >= 15 is 0 Å². The van der Waals surface area contributed by atoms with Crippen LogP contribution in [0.3, 0.4) is 0 Å². The first-order valence-corrected chi connectivity index (χ1v) is 4.10. The first-order chi connectivity index (χ1) is 7.07. The first kappa shape index (κ1) is 9.70. The standard InChI is InChI=1S/C9H6F3N3/c10-9(11,12)7-5-14-15(6-7)8-3-1-2-4-13-8/h1-6H. The Labute approximate surface area is 83.2 Å². The van der Waals surface area contributed by atoms with E-state index in [1.54, 1.807) is 18.2 Å². The van der Waals surface area contributed by atoms with Crippen LogP contribution in [0.25, 0.3) is 5.82 Å². The lowest BCUT2D eigenvalue weighted by atomic mass is 10.3. The lowest BCUT2D eigenvalue weighted by molar-refractivity contribution is -0.137. The van der Waals surface area contributed by atoms with Crippen molar-refractivity contribution in [1.82, 2.24) is 14.8 Å². The quantitative estimate of drug-likeness (QED) is 0.727. The predicted octanol–water partition coefficient (Wildman–Crippen LogP) is 2.29. The van der Waals surface area contributed by atoms with E-state index in [0.717, 1.165) is 17.1 Å². The molecule has 2 heterocycles. The van der Waals surface area contributed by atoms with Gasteiger partial charge in [-0.05, 0) is 12.1 Å². The van der Waals surface area contributed by atoms with Gasteiger partial charge in [0.05, 0.1) is 11.8 Å². The molecule has 2 aromatic heterocycles. The highest BCUT2D eigenvalue weighted by atomic mass is 19.4. The van der Waals surface area contributed by atoms with Gasteiger partial charge in [-0.3, -0.25) is 0 Å². The smallest absolute Gasteiger partial charge is 0.237 e. The topological polar surface area (TPSA) is 30.7 Å². The number of halogens is 3. The number of pyridine rings is 1. The molecule has 0 bridgehead atoms. The highest BCUT2D eigenvalue weighted by Gasteiger charge is 2.32. The molecule has 6 heteroatoms. The van der Waals surface area contributed by atoms with Crippen LogP contribution in [-0.2, 0) is 6.18 Å². The number of rotatable bonds is 1. The summed E-state index contributed by atoms with van der Waals surface area (Å²) < 4.78 is 37.8. The van der Waals surface area contributed by atoms with Crippen LogP contribution < -0.4 is 0 Å². The van der Waals surface area contributed by atoms with Gasteiger partial charge in [-0.15, -0.1) is 0 Å². The van der Waals surface area contributed by atoms with Crippen LogP contribution in [0.5, 0.6) is 0 Å². The molecular weight excluding hydrogens is 207 g/mol. The summed E-state index contributed by atoms with van der Waals surface area (Å²) in [5.74, 6) is 0.355. The number of hydrogen-bond donors (Lipinski definition) is 0. The van der Waals surface area contributed by atoms with Crippen LogP contribution in [0.4, 0.5) is 13.2 Å². The van der Waals surface area contributed by atoms with E-state index < -0.39 is 11.7 Å². The Morgan fingerprint density at radius 2 is 2.00 bits per heavy atom. The maximum absolute atomic E-state index is 12.2. The Bertz CT molecular complexity index is 447. The lowest BCUT2D eigenvalue weighted by Crippen LogP contribution is -2.03. The van der Waals surface area contributed by atoms with Crippen LogP contribution in [-0.4, -0.2) is 14.8 Å². The second-order valence-corrected chi connectivity index (χ2v) is 2.86. The Balaban J connectivity index is 2.37. The number of alkyl halides is 3. The van der Waals surface area contributed by atoms with Crippen molar-refractivity contribution in [3.63, 3.8) is 0 Å². The largest absolute Gasteiger partial charge is 0.419 e.